The van der Waals surface area contributed by atoms with Crippen LogP contribution in [0.2, 0.25) is 0 Å². The summed E-state index contributed by atoms with van der Waals surface area (Å²) >= 11 is 0. The van der Waals surface area contributed by atoms with E-state index in [9.17, 15) is 4.79 Å². The minimum atomic E-state index is -0.806. The van der Waals surface area contributed by atoms with Crippen LogP contribution in [-0.4, -0.2) is 17.7 Å². The molecule has 0 aliphatic rings. The highest BCUT2D eigenvalue weighted by molar-refractivity contribution is 5.70. The first kappa shape index (κ1) is 12.6. The lowest BCUT2D eigenvalue weighted by Gasteiger charge is -2.09. The highest BCUT2D eigenvalue weighted by Gasteiger charge is 2.04. The van der Waals surface area contributed by atoms with Crippen LogP contribution in [-0.2, 0) is 11.2 Å². The smallest absolute Gasteiger partial charge is 0.307 e. The van der Waals surface area contributed by atoms with Crippen LogP contribution in [0.1, 0.15) is 30.9 Å². The van der Waals surface area contributed by atoms with E-state index < -0.39 is 5.97 Å². The number of unbranched alkanes of at least 4 members (excludes halogenated alkanes) is 1. The van der Waals surface area contributed by atoms with Crippen molar-refractivity contribution in [2.24, 2.45) is 0 Å². The van der Waals surface area contributed by atoms with Gasteiger partial charge in [-0.2, -0.15) is 0 Å². The van der Waals surface area contributed by atoms with Crippen molar-refractivity contribution in [2.45, 2.75) is 33.1 Å². The summed E-state index contributed by atoms with van der Waals surface area (Å²) in [5.41, 5.74) is 1.81. The molecule has 0 bridgehead atoms. The quantitative estimate of drug-likeness (QED) is 0.753. The average molecular weight is 222 g/mol. The molecule has 0 spiro atoms. The molecule has 16 heavy (non-hydrogen) atoms. The summed E-state index contributed by atoms with van der Waals surface area (Å²) in [5, 5.41) is 8.67. The third-order valence-electron chi connectivity index (χ3n) is 2.35. The molecule has 3 nitrogen and oxygen atoms in total. The van der Waals surface area contributed by atoms with Gasteiger partial charge in [0.15, 0.2) is 0 Å². The normalized spacial score (nSPS) is 10.1. The zero-order valence-electron chi connectivity index (χ0n) is 9.82. The Labute approximate surface area is 96.1 Å². The number of hydrogen-bond donors (Lipinski definition) is 1. The molecule has 0 heterocycles. The standard InChI is InChI=1S/C13H18O3/c1-3-4-7-16-12-6-5-11(8-10(12)2)9-13(14)15/h5-6,8H,3-4,7,9H2,1-2H3,(H,14,15). The third-order valence-corrected chi connectivity index (χ3v) is 2.35. The fourth-order valence-corrected chi connectivity index (χ4v) is 1.48. The largest absolute Gasteiger partial charge is 0.493 e. The number of hydrogen-bond acceptors (Lipinski definition) is 2. The number of ether oxygens (including phenoxy) is 1. The molecule has 1 N–H and O–H groups in total. The molecule has 0 atom stereocenters. The minimum Gasteiger partial charge on any atom is -0.493 e. The van der Waals surface area contributed by atoms with Gasteiger partial charge in [0, 0.05) is 0 Å². The van der Waals surface area contributed by atoms with Crippen LogP contribution in [0.5, 0.6) is 5.75 Å². The maximum atomic E-state index is 10.5. The van der Waals surface area contributed by atoms with Crippen molar-refractivity contribution in [1.82, 2.24) is 0 Å². The number of aliphatic carboxylic acids is 1. The molecule has 1 aromatic rings. The number of aryl methyl sites for hydroxylation is 1. The van der Waals surface area contributed by atoms with Crippen molar-refractivity contribution in [3.8, 4) is 5.75 Å². The van der Waals surface area contributed by atoms with Crippen LogP contribution in [0, 0.1) is 6.92 Å². The van der Waals surface area contributed by atoms with Crippen LogP contribution < -0.4 is 4.74 Å². The maximum Gasteiger partial charge on any atom is 0.307 e. The number of benzene rings is 1. The Balaban J connectivity index is 2.64. The van der Waals surface area contributed by atoms with Gasteiger partial charge in [0.1, 0.15) is 5.75 Å². The second-order valence-electron chi connectivity index (χ2n) is 3.87. The predicted octanol–water partition coefficient (Wildman–Crippen LogP) is 2.80. The summed E-state index contributed by atoms with van der Waals surface area (Å²) in [4.78, 5) is 10.5. The lowest BCUT2D eigenvalue weighted by molar-refractivity contribution is -0.136. The Morgan fingerprint density at radius 2 is 2.19 bits per heavy atom. The Bertz CT molecular complexity index is 358. The number of carboxylic acids is 1. The van der Waals surface area contributed by atoms with Crippen molar-refractivity contribution in [3.63, 3.8) is 0 Å². The fourth-order valence-electron chi connectivity index (χ4n) is 1.48. The Kier molecular flexibility index (Phi) is 4.83. The van der Waals surface area contributed by atoms with Gasteiger partial charge >= 0.3 is 5.97 Å². The second-order valence-corrected chi connectivity index (χ2v) is 3.87. The molecule has 0 aliphatic carbocycles. The molecule has 0 amide bonds. The van der Waals surface area contributed by atoms with Crippen molar-refractivity contribution in [2.75, 3.05) is 6.61 Å². The number of carboxylic acid groups (broad SMARTS) is 1. The van der Waals surface area contributed by atoms with E-state index in [4.69, 9.17) is 9.84 Å². The summed E-state index contributed by atoms with van der Waals surface area (Å²) in [7, 11) is 0. The molecule has 1 aromatic carbocycles. The SMILES string of the molecule is CCCCOc1ccc(CC(=O)O)cc1C. The maximum absolute atomic E-state index is 10.5. The van der Waals surface area contributed by atoms with Crippen LogP contribution >= 0.6 is 0 Å². The Hall–Kier alpha value is -1.51. The van der Waals surface area contributed by atoms with E-state index in [-0.39, 0.29) is 6.42 Å². The summed E-state index contributed by atoms with van der Waals surface area (Å²) in [6, 6.07) is 5.53. The van der Waals surface area contributed by atoms with Gasteiger partial charge in [-0.05, 0) is 30.5 Å². The van der Waals surface area contributed by atoms with E-state index in [1.165, 1.54) is 0 Å². The Morgan fingerprint density at radius 1 is 1.44 bits per heavy atom. The van der Waals surface area contributed by atoms with Gasteiger partial charge < -0.3 is 9.84 Å². The minimum absolute atomic E-state index is 0.0656. The monoisotopic (exact) mass is 222 g/mol. The molecule has 0 saturated carbocycles. The lowest BCUT2D eigenvalue weighted by Crippen LogP contribution is -2.02. The average Bonchev–Trinajstić information content (AvgIpc) is 2.20. The topological polar surface area (TPSA) is 46.5 Å². The van der Waals surface area contributed by atoms with Crippen LogP contribution in [0.4, 0.5) is 0 Å². The van der Waals surface area contributed by atoms with E-state index in [0.29, 0.717) is 0 Å². The summed E-state index contributed by atoms with van der Waals surface area (Å²) in [6.07, 6.45) is 2.21. The first-order valence-corrected chi connectivity index (χ1v) is 5.57. The molecule has 0 fully saturated rings. The molecule has 88 valence electrons. The van der Waals surface area contributed by atoms with E-state index in [1.807, 2.05) is 25.1 Å². The molecule has 3 heteroatoms. The number of carbonyl (C=O) groups is 1. The zero-order valence-corrected chi connectivity index (χ0v) is 9.82. The van der Waals surface area contributed by atoms with Crippen LogP contribution in [0.3, 0.4) is 0 Å². The van der Waals surface area contributed by atoms with Crippen molar-refractivity contribution >= 4 is 5.97 Å². The summed E-state index contributed by atoms with van der Waals surface area (Å²) in [6.45, 7) is 4.77. The first-order valence-electron chi connectivity index (χ1n) is 5.57. The summed E-state index contributed by atoms with van der Waals surface area (Å²) in [5.74, 6) is 0.0432. The van der Waals surface area contributed by atoms with Gasteiger partial charge in [-0.25, -0.2) is 0 Å². The molecule has 0 radical (unpaired) electrons. The highest BCUT2D eigenvalue weighted by atomic mass is 16.5. The van der Waals surface area contributed by atoms with Crippen molar-refractivity contribution < 1.29 is 14.6 Å². The molecule has 1 rings (SSSR count). The van der Waals surface area contributed by atoms with Gasteiger partial charge in [-0.3, -0.25) is 4.79 Å². The Morgan fingerprint density at radius 3 is 2.75 bits per heavy atom. The van der Waals surface area contributed by atoms with E-state index in [2.05, 4.69) is 6.92 Å². The highest BCUT2D eigenvalue weighted by Crippen LogP contribution is 2.19. The van der Waals surface area contributed by atoms with Crippen molar-refractivity contribution in [3.05, 3.63) is 29.3 Å². The summed E-state index contributed by atoms with van der Waals surface area (Å²) < 4.78 is 5.59. The molecular weight excluding hydrogens is 204 g/mol. The van der Waals surface area contributed by atoms with Crippen molar-refractivity contribution in [1.29, 1.82) is 0 Å². The number of rotatable bonds is 6. The van der Waals surface area contributed by atoms with Gasteiger partial charge in [-0.1, -0.05) is 25.5 Å². The first-order chi connectivity index (χ1) is 7.63. The van der Waals surface area contributed by atoms with E-state index in [0.717, 1.165) is 36.3 Å². The zero-order chi connectivity index (χ0) is 12.0. The van der Waals surface area contributed by atoms with E-state index >= 15 is 0 Å². The van der Waals surface area contributed by atoms with Gasteiger partial charge in [0.2, 0.25) is 0 Å². The molecule has 0 unspecified atom stereocenters. The van der Waals surface area contributed by atoms with Crippen LogP contribution in [0.25, 0.3) is 0 Å². The van der Waals surface area contributed by atoms with Crippen LogP contribution in [0.15, 0.2) is 18.2 Å². The molecular formula is C13H18O3. The second kappa shape index (κ2) is 6.16. The fraction of sp³-hybridized carbons (Fsp3) is 0.462. The predicted molar refractivity (Wildman–Crippen MR) is 62.9 cm³/mol. The molecule has 0 saturated heterocycles. The van der Waals surface area contributed by atoms with Gasteiger partial charge in [0.25, 0.3) is 0 Å². The molecule has 0 aliphatic heterocycles. The lowest BCUT2D eigenvalue weighted by atomic mass is 10.1. The third kappa shape index (κ3) is 3.93. The van der Waals surface area contributed by atoms with Gasteiger partial charge in [0.05, 0.1) is 13.0 Å². The van der Waals surface area contributed by atoms with E-state index in [1.54, 1.807) is 0 Å². The molecule has 0 aromatic heterocycles. The van der Waals surface area contributed by atoms with Gasteiger partial charge in [-0.15, -0.1) is 0 Å².